The van der Waals surface area contributed by atoms with Gasteiger partial charge in [0, 0.05) is 15.9 Å². The lowest BCUT2D eigenvalue weighted by molar-refractivity contribution is 0.240. The second kappa shape index (κ2) is 7.31. The van der Waals surface area contributed by atoms with E-state index in [1.807, 2.05) is 29.6 Å². The summed E-state index contributed by atoms with van der Waals surface area (Å²) in [5.41, 5.74) is 1.21. The maximum Gasteiger partial charge on any atom is 0.315 e. The maximum absolute atomic E-state index is 11.6. The van der Waals surface area contributed by atoms with Crippen LogP contribution >= 0.6 is 27.3 Å². The van der Waals surface area contributed by atoms with Gasteiger partial charge in [0.25, 0.3) is 0 Å². The van der Waals surface area contributed by atoms with E-state index in [0.29, 0.717) is 13.1 Å². The molecule has 5 heteroatoms. The molecule has 0 aliphatic heterocycles. The Kier molecular flexibility index (Phi) is 5.42. The first kappa shape index (κ1) is 14.1. The zero-order valence-corrected chi connectivity index (χ0v) is 12.8. The first-order chi connectivity index (χ1) is 9.24. The highest BCUT2D eigenvalue weighted by molar-refractivity contribution is 9.10. The minimum atomic E-state index is -0.120. The molecule has 2 N–H and O–H groups in total. The number of carbonyl (C=O) groups is 1. The first-order valence-corrected chi connectivity index (χ1v) is 7.70. The van der Waals surface area contributed by atoms with E-state index in [0.717, 1.165) is 15.8 Å². The molecule has 1 aromatic carbocycles. The number of carbonyl (C=O) groups excluding carboxylic acids is 1. The van der Waals surface area contributed by atoms with Crippen molar-refractivity contribution in [2.75, 3.05) is 6.54 Å². The third-order valence-electron chi connectivity index (χ3n) is 2.62. The van der Waals surface area contributed by atoms with Gasteiger partial charge in [-0.05, 0) is 35.6 Å². The van der Waals surface area contributed by atoms with Crippen molar-refractivity contribution >= 4 is 33.3 Å². The number of benzene rings is 1. The number of hydrogen-bond donors (Lipinski definition) is 2. The Morgan fingerprint density at radius 1 is 1.16 bits per heavy atom. The van der Waals surface area contributed by atoms with Gasteiger partial charge in [-0.2, -0.15) is 0 Å². The molecule has 0 aliphatic carbocycles. The molecule has 0 spiro atoms. The largest absolute Gasteiger partial charge is 0.338 e. The van der Waals surface area contributed by atoms with Crippen molar-refractivity contribution in [3.8, 4) is 0 Å². The van der Waals surface area contributed by atoms with Crippen LogP contribution in [0.1, 0.15) is 10.4 Å². The lowest BCUT2D eigenvalue weighted by Crippen LogP contribution is -2.35. The minimum absolute atomic E-state index is 0.120. The molecule has 1 heterocycles. The third kappa shape index (κ3) is 5.04. The maximum atomic E-state index is 11.6. The molecule has 0 fully saturated rings. The summed E-state index contributed by atoms with van der Waals surface area (Å²) in [5, 5.41) is 7.69. The third-order valence-corrected chi connectivity index (χ3v) is 4.02. The summed E-state index contributed by atoms with van der Waals surface area (Å²) in [6.07, 6.45) is 0.833. The van der Waals surface area contributed by atoms with Crippen LogP contribution in [0.25, 0.3) is 0 Å². The molecule has 3 nitrogen and oxygen atoms in total. The molecule has 2 aromatic rings. The lowest BCUT2D eigenvalue weighted by atomic mass is 10.1. The zero-order valence-electron chi connectivity index (χ0n) is 10.4. The van der Waals surface area contributed by atoms with Crippen LogP contribution in [0.3, 0.4) is 0 Å². The van der Waals surface area contributed by atoms with Crippen molar-refractivity contribution in [2.45, 2.75) is 13.0 Å². The van der Waals surface area contributed by atoms with Crippen LogP contribution in [-0.2, 0) is 13.0 Å². The van der Waals surface area contributed by atoms with Gasteiger partial charge < -0.3 is 10.6 Å². The summed E-state index contributed by atoms with van der Waals surface area (Å²) >= 11 is 5.04. The number of halogens is 1. The van der Waals surface area contributed by atoms with Gasteiger partial charge in [-0.1, -0.05) is 34.1 Å². The molecule has 100 valence electrons. The monoisotopic (exact) mass is 338 g/mol. The van der Waals surface area contributed by atoms with E-state index in [9.17, 15) is 4.79 Å². The Labute approximate surface area is 125 Å². The van der Waals surface area contributed by atoms with Crippen LogP contribution in [0.4, 0.5) is 4.79 Å². The fourth-order valence-electron chi connectivity index (χ4n) is 1.61. The van der Waals surface area contributed by atoms with Gasteiger partial charge in [0.15, 0.2) is 0 Å². The van der Waals surface area contributed by atoms with Gasteiger partial charge in [-0.3, -0.25) is 0 Å². The average Bonchev–Trinajstić information content (AvgIpc) is 2.92. The lowest BCUT2D eigenvalue weighted by Gasteiger charge is -2.07. The minimum Gasteiger partial charge on any atom is -0.338 e. The number of hydrogen-bond acceptors (Lipinski definition) is 2. The van der Waals surface area contributed by atoms with Crippen molar-refractivity contribution < 1.29 is 4.79 Å². The van der Waals surface area contributed by atoms with Crippen molar-refractivity contribution in [3.05, 3.63) is 56.7 Å². The summed E-state index contributed by atoms with van der Waals surface area (Å²) in [5.74, 6) is 0. The molecule has 0 saturated carbocycles. The van der Waals surface area contributed by atoms with Crippen LogP contribution < -0.4 is 10.6 Å². The summed E-state index contributed by atoms with van der Waals surface area (Å²) in [6, 6.07) is 12.0. The van der Waals surface area contributed by atoms with E-state index >= 15 is 0 Å². The summed E-state index contributed by atoms with van der Waals surface area (Å²) < 4.78 is 1.07. The quantitative estimate of drug-likeness (QED) is 0.859. The molecule has 19 heavy (non-hydrogen) atoms. The van der Waals surface area contributed by atoms with Crippen LogP contribution in [0.15, 0.2) is 46.3 Å². The SMILES string of the molecule is O=C(NCCc1ccc(Br)cc1)NCc1cccs1. The highest BCUT2D eigenvalue weighted by atomic mass is 79.9. The van der Waals surface area contributed by atoms with Gasteiger partial charge in [-0.15, -0.1) is 11.3 Å². The Hall–Kier alpha value is -1.33. The van der Waals surface area contributed by atoms with Crippen molar-refractivity contribution in [1.82, 2.24) is 10.6 Å². The molecule has 0 aliphatic rings. The number of urea groups is 1. The Morgan fingerprint density at radius 2 is 1.95 bits per heavy atom. The van der Waals surface area contributed by atoms with Crippen LogP contribution in [0.2, 0.25) is 0 Å². The van der Waals surface area contributed by atoms with Crippen molar-refractivity contribution in [3.63, 3.8) is 0 Å². The Bertz CT molecular complexity index is 511. The Morgan fingerprint density at radius 3 is 2.63 bits per heavy atom. The molecule has 0 bridgehead atoms. The van der Waals surface area contributed by atoms with Gasteiger partial charge in [0.1, 0.15) is 0 Å². The van der Waals surface area contributed by atoms with Crippen molar-refractivity contribution in [2.24, 2.45) is 0 Å². The molecular formula is C14H15BrN2OS. The standard InChI is InChI=1S/C14H15BrN2OS/c15-12-5-3-11(4-6-12)7-8-16-14(18)17-10-13-2-1-9-19-13/h1-6,9H,7-8,10H2,(H2,16,17,18). The second-order valence-corrected chi connectivity index (χ2v) is 6.01. The molecule has 0 atom stereocenters. The number of thiophene rings is 1. The molecular weight excluding hydrogens is 324 g/mol. The fraction of sp³-hybridized carbons (Fsp3) is 0.214. The topological polar surface area (TPSA) is 41.1 Å². The van der Waals surface area contributed by atoms with E-state index in [1.165, 1.54) is 5.56 Å². The fourth-order valence-corrected chi connectivity index (χ4v) is 2.52. The Balaban J connectivity index is 1.65. The van der Waals surface area contributed by atoms with Gasteiger partial charge in [-0.25, -0.2) is 4.79 Å². The molecule has 0 unspecified atom stereocenters. The smallest absolute Gasteiger partial charge is 0.315 e. The molecule has 0 saturated heterocycles. The van der Waals surface area contributed by atoms with Crippen LogP contribution in [-0.4, -0.2) is 12.6 Å². The summed E-state index contributed by atoms with van der Waals surface area (Å²) in [4.78, 5) is 12.7. The highest BCUT2D eigenvalue weighted by Gasteiger charge is 2.00. The average molecular weight is 339 g/mol. The number of nitrogens with one attached hydrogen (secondary N) is 2. The van der Waals surface area contributed by atoms with E-state index < -0.39 is 0 Å². The molecule has 1 aromatic heterocycles. The number of amides is 2. The normalized spacial score (nSPS) is 10.2. The van der Waals surface area contributed by atoms with E-state index in [2.05, 4.69) is 38.7 Å². The summed E-state index contributed by atoms with van der Waals surface area (Å²) in [7, 11) is 0. The second-order valence-electron chi connectivity index (χ2n) is 4.07. The van der Waals surface area contributed by atoms with Crippen LogP contribution in [0, 0.1) is 0 Å². The highest BCUT2D eigenvalue weighted by Crippen LogP contribution is 2.10. The first-order valence-electron chi connectivity index (χ1n) is 6.02. The van der Waals surface area contributed by atoms with Gasteiger partial charge in [0.05, 0.1) is 6.54 Å². The van der Waals surface area contributed by atoms with E-state index in [-0.39, 0.29) is 6.03 Å². The summed E-state index contributed by atoms with van der Waals surface area (Å²) in [6.45, 7) is 1.22. The molecule has 0 radical (unpaired) electrons. The van der Waals surface area contributed by atoms with E-state index in [1.54, 1.807) is 11.3 Å². The van der Waals surface area contributed by atoms with Gasteiger partial charge >= 0.3 is 6.03 Å². The molecule has 2 rings (SSSR count). The van der Waals surface area contributed by atoms with E-state index in [4.69, 9.17) is 0 Å². The van der Waals surface area contributed by atoms with Gasteiger partial charge in [0.2, 0.25) is 0 Å². The predicted molar refractivity (Wildman–Crippen MR) is 82.4 cm³/mol. The van der Waals surface area contributed by atoms with Crippen molar-refractivity contribution in [1.29, 1.82) is 0 Å². The zero-order chi connectivity index (χ0) is 13.5. The molecule has 2 amide bonds. The number of rotatable bonds is 5. The predicted octanol–water partition coefficient (Wildman–Crippen LogP) is 3.55. The van der Waals surface area contributed by atoms with Crippen LogP contribution in [0.5, 0.6) is 0 Å².